The van der Waals surface area contributed by atoms with Crippen LogP contribution >= 0.6 is 0 Å². The molecule has 3 N–H and O–H groups in total. The van der Waals surface area contributed by atoms with Crippen molar-refractivity contribution in [3.8, 4) is 5.69 Å². The minimum Gasteiger partial charge on any atom is -0.364 e. The lowest BCUT2D eigenvalue weighted by atomic mass is 10.3. The van der Waals surface area contributed by atoms with Crippen LogP contribution < -0.4 is 11.1 Å². The summed E-state index contributed by atoms with van der Waals surface area (Å²) >= 11 is 0. The van der Waals surface area contributed by atoms with Gasteiger partial charge in [-0.2, -0.15) is 5.10 Å². The standard InChI is InChI=1S/C16H21N5O2/c1-3-20(4-2)11-15(22)18-12-5-7-13(8-6-12)21-10-9-14(19-21)16(17)23/h5-10H,3-4,11H2,1-2H3,(H2,17,23)(H,18,22). The number of hydrogen-bond acceptors (Lipinski definition) is 4. The molecule has 0 bridgehead atoms. The van der Waals surface area contributed by atoms with Crippen molar-refractivity contribution >= 4 is 17.5 Å². The van der Waals surface area contributed by atoms with Crippen LogP contribution in [0.25, 0.3) is 5.69 Å². The van der Waals surface area contributed by atoms with E-state index < -0.39 is 5.91 Å². The molecule has 0 aliphatic rings. The van der Waals surface area contributed by atoms with E-state index >= 15 is 0 Å². The minimum absolute atomic E-state index is 0.0449. The van der Waals surface area contributed by atoms with Gasteiger partial charge in [-0.1, -0.05) is 13.8 Å². The Kier molecular flexibility index (Phi) is 5.48. The highest BCUT2D eigenvalue weighted by atomic mass is 16.2. The average molecular weight is 315 g/mol. The van der Waals surface area contributed by atoms with Crippen LogP contribution in [0.2, 0.25) is 0 Å². The summed E-state index contributed by atoms with van der Waals surface area (Å²) in [5.74, 6) is -0.611. The number of benzene rings is 1. The number of likely N-dealkylation sites (N-methyl/N-ethyl adjacent to an activating group) is 1. The van der Waals surface area contributed by atoms with Crippen molar-refractivity contribution in [2.24, 2.45) is 5.73 Å². The molecule has 122 valence electrons. The molecule has 1 aromatic heterocycles. The number of carbonyl (C=O) groups excluding carboxylic acids is 2. The lowest BCUT2D eigenvalue weighted by molar-refractivity contribution is -0.117. The second-order valence-electron chi connectivity index (χ2n) is 5.07. The van der Waals surface area contributed by atoms with Crippen LogP contribution in [0.15, 0.2) is 36.5 Å². The molecule has 0 spiro atoms. The molecular formula is C16H21N5O2. The third-order valence-electron chi connectivity index (χ3n) is 3.52. The smallest absolute Gasteiger partial charge is 0.269 e. The third kappa shape index (κ3) is 4.40. The molecule has 0 atom stereocenters. The largest absolute Gasteiger partial charge is 0.364 e. The van der Waals surface area contributed by atoms with Crippen LogP contribution in [-0.4, -0.2) is 46.1 Å². The second-order valence-corrected chi connectivity index (χ2v) is 5.07. The summed E-state index contributed by atoms with van der Waals surface area (Å²) in [6.45, 7) is 6.09. The first kappa shape index (κ1) is 16.7. The summed E-state index contributed by atoms with van der Waals surface area (Å²) in [4.78, 5) is 25.0. The number of nitrogens with one attached hydrogen (secondary N) is 1. The van der Waals surface area contributed by atoms with E-state index in [2.05, 4.69) is 10.4 Å². The Balaban J connectivity index is 2.01. The van der Waals surface area contributed by atoms with Gasteiger partial charge in [0.2, 0.25) is 5.91 Å². The highest BCUT2D eigenvalue weighted by Crippen LogP contribution is 2.13. The number of nitrogens with two attached hydrogens (primary N) is 1. The van der Waals surface area contributed by atoms with Gasteiger partial charge in [0.05, 0.1) is 12.2 Å². The molecule has 0 fully saturated rings. The third-order valence-corrected chi connectivity index (χ3v) is 3.52. The minimum atomic E-state index is -0.566. The second kappa shape index (κ2) is 7.55. The lowest BCUT2D eigenvalue weighted by Gasteiger charge is -2.17. The van der Waals surface area contributed by atoms with Gasteiger partial charge >= 0.3 is 0 Å². The van der Waals surface area contributed by atoms with Gasteiger partial charge < -0.3 is 11.1 Å². The Morgan fingerprint density at radius 2 is 1.83 bits per heavy atom. The molecule has 2 aromatic rings. The van der Waals surface area contributed by atoms with E-state index in [1.54, 1.807) is 29.1 Å². The number of nitrogens with zero attached hydrogens (tertiary/aromatic N) is 3. The predicted octanol–water partition coefficient (Wildman–Crippen LogP) is 1.25. The molecule has 1 aromatic carbocycles. The van der Waals surface area contributed by atoms with Crippen molar-refractivity contribution in [1.29, 1.82) is 0 Å². The molecule has 1 heterocycles. The fourth-order valence-corrected chi connectivity index (χ4v) is 2.15. The zero-order valence-corrected chi connectivity index (χ0v) is 13.3. The number of rotatable bonds is 7. The number of hydrogen-bond donors (Lipinski definition) is 2. The summed E-state index contributed by atoms with van der Waals surface area (Å²) in [6.07, 6.45) is 1.66. The van der Waals surface area contributed by atoms with Gasteiger partial charge in [-0.25, -0.2) is 4.68 Å². The number of amides is 2. The number of anilines is 1. The summed E-state index contributed by atoms with van der Waals surface area (Å²) in [5, 5.41) is 6.94. The molecule has 0 aliphatic carbocycles. The molecule has 0 unspecified atom stereocenters. The summed E-state index contributed by atoms with van der Waals surface area (Å²) < 4.78 is 1.56. The first-order valence-corrected chi connectivity index (χ1v) is 7.51. The maximum absolute atomic E-state index is 12.0. The fourth-order valence-electron chi connectivity index (χ4n) is 2.15. The van der Waals surface area contributed by atoms with E-state index in [0.29, 0.717) is 12.2 Å². The molecule has 2 rings (SSSR count). The monoisotopic (exact) mass is 315 g/mol. The molecular weight excluding hydrogens is 294 g/mol. The lowest BCUT2D eigenvalue weighted by Crippen LogP contribution is -2.32. The maximum Gasteiger partial charge on any atom is 0.269 e. The van der Waals surface area contributed by atoms with Crippen LogP contribution in [0.5, 0.6) is 0 Å². The van der Waals surface area contributed by atoms with Crippen molar-refractivity contribution in [3.05, 3.63) is 42.2 Å². The van der Waals surface area contributed by atoms with Crippen molar-refractivity contribution in [2.45, 2.75) is 13.8 Å². The molecule has 0 aliphatic heterocycles. The van der Waals surface area contributed by atoms with Gasteiger partial charge in [0.15, 0.2) is 0 Å². The van der Waals surface area contributed by atoms with E-state index in [9.17, 15) is 9.59 Å². The number of carbonyl (C=O) groups is 2. The SMILES string of the molecule is CCN(CC)CC(=O)Nc1ccc(-n2ccc(C(N)=O)n2)cc1. The zero-order valence-electron chi connectivity index (χ0n) is 13.3. The molecule has 23 heavy (non-hydrogen) atoms. The van der Waals surface area contributed by atoms with Crippen LogP contribution in [0.4, 0.5) is 5.69 Å². The highest BCUT2D eigenvalue weighted by Gasteiger charge is 2.08. The molecule has 2 amide bonds. The van der Waals surface area contributed by atoms with Crippen molar-refractivity contribution in [3.63, 3.8) is 0 Å². The summed E-state index contributed by atoms with van der Waals surface area (Å²) in [5.41, 5.74) is 6.88. The summed E-state index contributed by atoms with van der Waals surface area (Å²) in [6, 6.07) is 8.76. The predicted molar refractivity (Wildman–Crippen MR) is 88.5 cm³/mol. The van der Waals surface area contributed by atoms with Gasteiger partial charge in [0.25, 0.3) is 5.91 Å². The first-order chi connectivity index (χ1) is 11.0. The highest BCUT2D eigenvalue weighted by molar-refractivity contribution is 5.92. The Morgan fingerprint density at radius 3 is 2.35 bits per heavy atom. The van der Waals surface area contributed by atoms with Crippen LogP contribution in [-0.2, 0) is 4.79 Å². The van der Waals surface area contributed by atoms with E-state index in [0.717, 1.165) is 18.8 Å². The zero-order chi connectivity index (χ0) is 16.8. The van der Waals surface area contributed by atoms with Gasteiger partial charge in [0, 0.05) is 11.9 Å². The van der Waals surface area contributed by atoms with Gasteiger partial charge in [-0.3, -0.25) is 14.5 Å². The molecule has 0 saturated carbocycles. The van der Waals surface area contributed by atoms with E-state index in [1.165, 1.54) is 0 Å². The normalized spacial score (nSPS) is 10.7. The Morgan fingerprint density at radius 1 is 1.17 bits per heavy atom. The Hall–Kier alpha value is -2.67. The van der Waals surface area contributed by atoms with E-state index in [1.807, 2.05) is 30.9 Å². The van der Waals surface area contributed by atoms with Crippen LogP contribution in [0.3, 0.4) is 0 Å². The molecule has 7 nitrogen and oxygen atoms in total. The Labute approximate surface area is 135 Å². The van der Waals surface area contributed by atoms with Crippen molar-refractivity contribution < 1.29 is 9.59 Å². The maximum atomic E-state index is 12.0. The first-order valence-electron chi connectivity index (χ1n) is 7.51. The average Bonchev–Trinajstić information content (AvgIpc) is 3.03. The van der Waals surface area contributed by atoms with Crippen LogP contribution in [0.1, 0.15) is 24.3 Å². The topological polar surface area (TPSA) is 93.3 Å². The van der Waals surface area contributed by atoms with Crippen molar-refractivity contribution in [2.75, 3.05) is 25.0 Å². The van der Waals surface area contributed by atoms with Crippen molar-refractivity contribution in [1.82, 2.24) is 14.7 Å². The van der Waals surface area contributed by atoms with E-state index in [-0.39, 0.29) is 11.6 Å². The van der Waals surface area contributed by atoms with Gasteiger partial charge in [0.1, 0.15) is 5.69 Å². The summed E-state index contributed by atoms with van der Waals surface area (Å²) in [7, 11) is 0. The Bertz CT molecular complexity index is 674. The molecule has 7 heteroatoms. The number of aromatic nitrogens is 2. The van der Waals surface area contributed by atoms with E-state index in [4.69, 9.17) is 5.73 Å². The van der Waals surface area contributed by atoms with Gasteiger partial charge in [-0.15, -0.1) is 0 Å². The quantitative estimate of drug-likeness (QED) is 0.804. The number of primary amides is 1. The molecule has 0 radical (unpaired) electrons. The van der Waals surface area contributed by atoms with Crippen LogP contribution in [0, 0.1) is 0 Å². The molecule has 0 saturated heterocycles. The fraction of sp³-hybridized carbons (Fsp3) is 0.312. The van der Waals surface area contributed by atoms with Gasteiger partial charge in [-0.05, 0) is 43.4 Å².